The Hall–Kier alpha value is -3.23. The summed E-state index contributed by atoms with van der Waals surface area (Å²) in [5.74, 6) is -4.47. The quantitative estimate of drug-likeness (QED) is 0.328. The first-order valence-electron chi connectivity index (χ1n) is 10.4. The Morgan fingerprint density at radius 2 is 1.71 bits per heavy atom. The number of unbranched alkanes of at least 4 members (excludes halogenated alkanes) is 6. The van der Waals surface area contributed by atoms with E-state index in [1.165, 1.54) is 19.2 Å². The van der Waals surface area contributed by atoms with Crippen LogP contribution in [0.1, 0.15) is 80.8 Å². The number of imide groups is 1. The summed E-state index contributed by atoms with van der Waals surface area (Å²) in [5.41, 5.74) is -0.242. The number of carbonyl (C=O) groups excluding carboxylic acids is 2. The van der Waals surface area contributed by atoms with Crippen LogP contribution in [-0.2, 0) is 14.4 Å². The number of aromatic amines is 1. The number of nitrogens with one attached hydrogen (secondary N) is 2. The fraction of sp³-hybridized carbons (Fsp3) is 0.500. The van der Waals surface area contributed by atoms with Gasteiger partial charge in [0.25, 0.3) is 5.91 Å². The van der Waals surface area contributed by atoms with E-state index in [4.69, 9.17) is 10.2 Å². The molecule has 0 bridgehead atoms. The van der Waals surface area contributed by atoms with Crippen LogP contribution in [0, 0.1) is 5.92 Å². The Kier molecular flexibility index (Phi) is 11.6. The zero-order valence-electron chi connectivity index (χ0n) is 17.7. The molecule has 0 fully saturated rings. The summed E-state index contributed by atoms with van der Waals surface area (Å²) in [4.78, 5) is 59.9. The number of allylic oxidation sites excluding steroid dienone is 1. The standard InChI is InChI=1S/C22H30N2O7/c1-15(22(30)31)12-19(26)24-21(29)17-14-23-16(13-18(17)25)10-8-6-4-2-3-5-7-9-11-20(27)28/h8,10,13-15H,2-7,9,11-12H2,1H3,(H,23,25)(H,27,28)(H,30,31)(H,24,26,29)/b10-8+/t15-/m0/s1. The smallest absolute Gasteiger partial charge is 0.306 e. The number of aromatic nitrogens is 1. The van der Waals surface area contributed by atoms with E-state index in [0.717, 1.165) is 38.5 Å². The van der Waals surface area contributed by atoms with Gasteiger partial charge in [-0.2, -0.15) is 0 Å². The molecule has 0 aromatic carbocycles. The van der Waals surface area contributed by atoms with Crippen molar-refractivity contribution >= 4 is 29.8 Å². The van der Waals surface area contributed by atoms with Gasteiger partial charge in [-0.3, -0.25) is 29.3 Å². The number of amides is 2. The van der Waals surface area contributed by atoms with Crippen molar-refractivity contribution < 1.29 is 29.4 Å². The van der Waals surface area contributed by atoms with Gasteiger partial charge < -0.3 is 15.2 Å². The molecule has 31 heavy (non-hydrogen) atoms. The first-order chi connectivity index (χ1) is 14.7. The van der Waals surface area contributed by atoms with Gasteiger partial charge in [-0.1, -0.05) is 38.7 Å². The van der Waals surface area contributed by atoms with E-state index < -0.39 is 35.1 Å². The molecule has 1 atom stereocenters. The Bertz CT molecular complexity index is 858. The summed E-state index contributed by atoms with van der Waals surface area (Å²) in [7, 11) is 0. The van der Waals surface area contributed by atoms with Crippen LogP contribution in [0.4, 0.5) is 0 Å². The number of hydrogen-bond donors (Lipinski definition) is 4. The number of carboxylic acids is 2. The lowest BCUT2D eigenvalue weighted by Crippen LogP contribution is -2.35. The van der Waals surface area contributed by atoms with E-state index >= 15 is 0 Å². The molecule has 2 amide bonds. The van der Waals surface area contributed by atoms with E-state index in [9.17, 15) is 24.0 Å². The van der Waals surface area contributed by atoms with Crippen molar-refractivity contribution in [2.45, 2.75) is 64.7 Å². The minimum Gasteiger partial charge on any atom is -0.481 e. The highest BCUT2D eigenvalue weighted by Crippen LogP contribution is 2.09. The number of carboxylic acid groups (broad SMARTS) is 2. The van der Waals surface area contributed by atoms with Gasteiger partial charge >= 0.3 is 11.9 Å². The molecule has 9 nitrogen and oxygen atoms in total. The highest BCUT2D eigenvalue weighted by molar-refractivity contribution is 6.05. The highest BCUT2D eigenvalue weighted by Gasteiger charge is 2.19. The van der Waals surface area contributed by atoms with E-state index in [-0.39, 0.29) is 18.4 Å². The van der Waals surface area contributed by atoms with Gasteiger partial charge in [0, 0.05) is 30.8 Å². The molecular weight excluding hydrogens is 404 g/mol. The molecule has 1 heterocycles. The number of carbonyl (C=O) groups is 4. The van der Waals surface area contributed by atoms with Crippen LogP contribution in [0.3, 0.4) is 0 Å². The zero-order valence-corrected chi connectivity index (χ0v) is 17.7. The number of H-pyrrole nitrogens is 1. The van der Waals surface area contributed by atoms with Crippen LogP contribution in [0.15, 0.2) is 23.1 Å². The van der Waals surface area contributed by atoms with E-state index in [0.29, 0.717) is 12.1 Å². The number of pyridine rings is 1. The second kappa shape index (κ2) is 13.9. The van der Waals surface area contributed by atoms with Crippen molar-refractivity contribution in [3.63, 3.8) is 0 Å². The monoisotopic (exact) mass is 434 g/mol. The van der Waals surface area contributed by atoms with Crippen LogP contribution in [0.25, 0.3) is 6.08 Å². The Labute approximate surface area is 180 Å². The summed E-state index contributed by atoms with van der Waals surface area (Å²) >= 11 is 0. The van der Waals surface area contributed by atoms with Crippen molar-refractivity contribution in [1.29, 1.82) is 0 Å². The lowest BCUT2D eigenvalue weighted by Gasteiger charge is -2.06. The van der Waals surface area contributed by atoms with Gasteiger partial charge in [0.05, 0.1) is 5.92 Å². The molecular formula is C22H30N2O7. The summed E-state index contributed by atoms with van der Waals surface area (Å²) in [6.45, 7) is 1.35. The van der Waals surface area contributed by atoms with Gasteiger partial charge in [-0.25, -0.2) is 0 Å². The van der Waals surface area contributed by atoms with Crippen molar-refractivity contribution in [1.82, 2.24) is 10.3 Å². The minimum absolute atomic E-state index is 0.224. The molecule has 0 unspecified atom stereocenters. The molecule has 4 N–H and O–H groups in total. The average molecular weight is 434 g/mol. The van der Waals surface area contributed by atoms with Crippen molar-refractivity contribution in [2.75, 3.05) is 0 Å². The van der Waals surface area contributed by atoms with Gasteiger partial charge in [0.1, 0.15) is 5.56 Å². The predicted octanol–water partition coefficient (Wildman–Crippen LogP) is 2.96. The van der Waals surface area contributed by atoms with Crippen LogP contribution in [0.5, 0.6) is 0 Å². The zero-order chi connectivity index (χ0) is 23.2. The molecule has 170 valence electrons. The second-order valence-electron chi connectivity index (χ2n) is 7.44. The fourth-order valence-corrected chi connectivity index (χ4v) is 2.83. The van der Waals surface area contributed by atoms with Crippen LogP contribution >= 0.6 is 0 Å². The lowest BCUT2D eigenvalue weighted by atomic mass is 10.1. The predicted molar refractivity (Wildman–Crippen MR) is 115 cm³/mol. The minimum atomic E-state index is -1.15. The third kappa shape index (κ3) is 10.9. The molecule has 9 heteroatoms. The van der Waals surface area contributed by atoms with Gasteiger partial charge in [0.2, 0.25) is 5.91 Å². The normalized spacial score (nSPS) is 11.9. The van der Waals surface area contributed by atoms with Crippen LogP contribution in [-0.4, -0.2) is 39.0 Å². The first kappa shape index (κ1) is 25.8. The van der Waals surface area contributed by atoms with Crippen LogP contribution < -0.4 is 10.7 Å². The van der Waals surface area contributed by atoms with Gasteiger partial charge in [0.15, 0.2) is 5.43 Å². The molecule has 1 aromatic rings. The Balaban J connectivity index is 2.38. The summed E-state index contributed by atoms with van der Waals surface area (Å²) < 4.78 is 0. The Morgan fingerprint density at radius 3 is 2.32 bits per heavy atom. The van der Waals surface area contributed by atoms with Crippen molar-refractivity contribution in [3.8, 4) is 0 Å². The average Bonchev–Trinajstić information content (AvgIpc) is 2.68. The Morgan fingerprint density at radius 1 is 1.06 bits per heavy atom. The molecule has 0 saturated carbocycles. The van der Waals surface area contributed by atoms with Crippen molar-refractivity contribution in [2.24, 2.45) is 5.92 Å². The maximum atomic E-state index is 12.1. The summed E-state index contributed by atoms with van der Waals surface area (Å²) in [6, 6.07) is 1.26. The van der Waals surface area contributed by atoms with Gasteiger partial charge in [-0.15, -0.1) is 0 Å². The molecule has 1 aromatic heterocycles. The summed E-state index contributed by atoms with van der Waals surface area (Å²) in [5, 5.41) is 19.4. The van der Waals surface area contributed by atoms with Crippen LogP contribution in [0.2, 0.25) is 0 Å². The number of rotatable bonds is 14. The van der Waals surface area contributed by atoms with E-state index in [1.54, 1.807) is 6.08 Å². The van der Waals surface area contributed by atoms with E-state index in [2.05, 4.69) is 4.98 Å². The summed E-state index contributed by atoms with van der Waals surface area (Å²) in [6.07, 6.45) is 11.3. The SMILES string of the molecule is C[C@@H](CC(=O)NC(=O)c1c[nH]c(/C=C/CCCCCCCCC(=O)O)cc1=O)C(=O)O. The fourth-order valence-electron chi connectivity index (χ4n) is 2.83. The third-order valence-electron chi connectivity index (χ3n) is 4.65. The molecule has 1 rings (SSSR count). The van der Waals surface area contributed by atoms with Crippen molar-refractivity contribution in [3.05, 3.63) is 39.8 Å². The molecule has 0 radical (unpaired) electrons. The molecule has 0 aliphatic rings. The molecule has 0 spiro atoms. The third-order valence-corrected chi connectivity index (χ3v) is 4.65. The molecule has 0 aliphatic carbocycles. The molecule has 0 aliphatic heterocycles. The number of hydrogen-bond acceptors (Lipinski definition) is 5. The highest BCUT2D eigenvalue weighted by atomic mass is 16.4. The number of aliphatic carboxylic acids is 2. The maximum Gasteiger partial charge on any atom is 0.306 e. The van der Waals surface area contributed by atoms with E-state index in [1.807, 2.05) is 11.4 Å². The molecule has 0 saturated heterocycles. The lowest BCUT2D eigenvalue weighted by molar-refractivity contribution is -0.143. The van der Waals surface area contributed by atoms with Gasteiger partial charge in [-0.05, 0) is 25.3 Å². The topological polar surface area (TPSA) is 154 Å². The second-order valence-corrected chi connectivity index (χ2v) is 7.44. The largest absolute Gasteiger partial charge is 0.481 e. The first-order valence-corrected chi connectivity index (χ1v) is 10.4. The maximum absolute atomic E-state index is 12.1.